The molecule has 2 heterocycles. The molecule has 2 amide bonds. The number of hydrogen-bond acceptors (Lipinski definition) is 4. The van der Waals surface area contributed by atoms with E-state index in [-0.39, 0.29) is 18.4 Å². The molecule has 1 fully saturated rings. The number of amides is 2. The van der Waals surface area contributed by atoms with Gasteiger partial charge in [0.05, 0.1) is 7.11 Å². The molecule has 0 saturated carbocycles. The number of methoxy groups -OCH3 is 1. The molecule has 1 aliphatic rings. The van der Waals surface area contributed by atoms with Crippen LogP contribution < -0.4 is 4.74 Å². The lowest BCUT2D eigenvalue weighted by atomic mass is 10.1. The van der Waals surface area contributed by atoms with E-state index >= 15 is 0 Å². The monoisotopic (exact) mass is 342 g/mol. The number of carbonyl (C=O) groups excluding carboxylic acids is 2. The molecule has 0 bridgehead atoms. The van der Waals surface area contributed by atoms with Crippen molar-refractivity contribution in [3.05, 3.63) is 47.8 Å². The number of aryl methyl sites for hydroxylation is 1. The Hall–Kier alpha value is -2.83. The van der Waals surface area contributed by atoms with Crippen molar-refractivity contribution in [2.45, 2.75) is 13.5 Å². The van der Waals surface area contributed by atoms with Gasteiger partial charge in [0.25, 0.3) is 5.91 Å². The summed E-state index contributed by atoms with van der Waals surface area (Å²) in [4.78, 5) is 28.5. The van der Waals surface area contributed by atoms with Crippen LogP contribution >= 0.6 is 0 Å². The highest BCUT2D eigenvalue weighted by molar-refractivity contribution is 5.94. The molecule has 132 valence electrons. The molecule has 0 atom stereocenters. The molecule has 1 aromatic heterocycles. The Bertz CT molecular complexity index is 746. The number of piperazine rings is 1. The van der Waals surface area contributed by atoms with Crippen LogP contribution in [0.15, 0.2) is 36.5 Å². The van der Waals surface area contributed by atoms with Crippen molar-refractivity contribution in [3.8, 4) is 5.75 Å². The van der Waals surface area contributed by atoms with Gasteiger partial charge in [0, 0.05) is 43.6 Å². The molecule has 25 heavy (non-hydrogen) atoms. The van der Waals surface area contributed by atoms with Gasteiger partial charge in [0.1, 0.15) is 12.3 Å². The quantitative estimate of drug-likeness (QED) is 0.837. The molecule has 1 saturated heterocycles. The normalized spacial score (nSPS) is 14.5. The van der Waals surface area contributed by atoms with Gasteiger partial charge in [0.15, 0.2) is 0 Å². The third-order valence-corrected chi connectivity index (χ3v) is 4.47. The van der Waals surface area contributed by atoms with E-state index in [0.29, 0.717) is 31.7 Å². The minimum Gasteiger partial charge on any atom is -0.497 e. The minimum absolute atomic E-state index is 0.0160. The molecule has 1 aromatic carbocycles. The molecule has 0 radical (unpaired) electrons. The summed E-state index contributed by atoms with van der Waals surface area (Å²) >= 11 is 0. The van der Waals surface area contributed by atoms with E-state index in [1.165, 1.54) is 0 Å². The van der Waals surface area contributed by atoms with Crippen LogP contribution in [-0.2, 0) is 11.3 Å². The topological polar surface area (TPSA) is 67.7 Å². The van der Waals surface area contributed by atoms with Crippen molar-refractivity contribution < 1.29 is 14.3 Å². The van der Waals surface area contributed by atoms with Crippen molar-refractivity contribution >= 4 is 11.8 Å². The van der Waals surface area contributed by atoms with E-state index in [2.05, 4.69) is 5.10 Å². The van der Waals surface area contributed by atoms with Gasteiger partial charge in [-0.2, -0.15) is 5.10 Å². The van der Waals surface area contributed by atoms with Crippen LogP contribution in [0, 0.1) is 6.92 Å². The maximum atomic E-state index is 12.5. The van der Waals surface area contributed by atoms with Gasteiger partial charge >= 0.3 is 0 Å². The Morgan fingerprint density at radius 1 is 1.04 bits per heavy atom. The van der Waals surface area contributed by atoms with E-state index < -0.39 is 0 Å². The van der Waals surface area contributed by atoms with Crippen molar-refractivity contribution in [2.75, 3.05) is 33.3 Å². The maximum Gasteiger partial charge on any atom is 0.253 e. The average Bonchev–Trinajstić information content (AvgIpc) is 3.06. The Balaban J connectivity index is 1.54. The van der Waals surface area contributed by atoms with Gasteiger partial charge in [-0.05, 0) is 37.3 Å². The summed E-state index contributed by atoms with van der Waals surface area (Å²) in [6.07, 6.45) is 1.69. The Labute approximate surface area is 146 Å². The first-order valence-corrected chi connectivity index (χ1v) is 8.28. The Morgan fingerprint density at radius 2 is 1.68 bits per heavy atom. The van der Waals surface area contributed by atoms with Crippen LogP contribution in [0.4, 0.5) is 0 Å². The summed E-state index contributed by atoms with van der Waals surface area (Å²) in [7, 11) is 1.60. The van der Waals surface area contributed by atoms with Crippen LogP contribution in [0.1, 0.15) is 16.1 Å². The SMILES string of the molecule is COc1ccc(C(=O)N2CCN(C(=O)Cn3nccc3C)CC2)cc1. The minimum atomic E-state index is -0.0160. The fourth-order valence-electron chi connectivity index (χ4n) is 2.87. The molecule has 7 nitrogen and oxygen atoms in total. The fraction of sp³-hybridized carbons (Fsp3) is 0.389. The highest BCUT2D eigenvalue weighted by Crippen LogP contribution is 2.14. The third kappa shape index (κ3) is 3.81. The first kappa shape index (κ1) is 17.0. The lowest BCUT2D eigenvalue weighted by molar-refractivity contribution is -0.133. The summed E-state index contributed by atoms with van der Waals surface area (Å²) in [5.74, 6) is 0.738. The second-order valence-electron chi connectivity index (χ2n) is 6.03. The number of carbonyl (C=O) groups is 2. The van der Waals surface area contributed by atoms with Crippen molar-refractivity contribution in [1.29, 1.82) is 0 Å². The van der Waals surface area contributed by atoms with E-state index in [0.717, 1.165) is 11.4 Å². The molecule has 2 aromatic rings. The zero-order valence-electron chi connectivity index (χ0n) is 14.5. The second kappa shape index (κ2) is 7.38. The summed E-state index contributed by atoms with van der Waals surface area (Å²) < 4.78 is 6.80. The van der Waals surface area contributed by atoms with Gasteiger partial charge in [0.2, 0.25) is 5.91 Å². The molecule has 0 spiro atoms. The van der Waals surface area contributed by atoms with Gasteiger partial charge in [-0.15, -0.1) is 0 Å². The number of hydrogen-bond donors (Lipinski definition) is 0. The predicted octanol–water partition coefficient (Wildman–Crippen LogP) is 1.18. The highest BCUT2D eigenvalue weighted by atomic mass is 16.5. The summed E-state index contributed by atoms with van der Waals surface area (Å²) in [6.45, 7) is 4.32. The lowest BCUT2D eigenvalue weighted by Gasteiger charge is -2.35. The first-order valence-electron chi connectivity index (χ1n) is 8.28. The van der Waals surface area contributed by atoms with Crippen LogP contribution in [0.25, 0.3) is 0 Å². The van der Waals surface area contributed by atoms with E-state index in [4.69, 9.17) is 4.74 Å². The molecule has 0 unspecified atom stereocenters. The van der Waals surface area contributed by atoms with E-state index in [1.807, 2.05) is 13.0 Å². The van der Waals surface area contributed by atoms with Crippen molar-refractivity contribution in [3.63, 3.8) is 0 Å². The zero-order chi connectivity index (χ0) is 17.8. The Kier molecular flexibility index (Phi) is 5.02. The molecular weight excluding hydrogens is 320 g/mol. The van der Waals surface area contributed by atoms with E-state index in [1.54, 1.807) is 52.1 Å². The number of nitrogens with zero attached hydrogens (tertiary/aromatic N) is 4. The van der Waals surface area contributed by atoms with E-state index in [9.17, 15) is 9.59 Å². The summed E-state index contributed by atoms with van der Waals surface area (Å²) in [6, 6.07) is 8.95. The fourth-order valence-corrected chi connectivity index (χ4v) is 2.87. The van der Waals surface area contributed by atoms with Crippen LogP contribution in [-0.4, -0.2) is 64.7 Å². The molecule has 7 heteroatoms. The second-order valence-corrected chi connectivity index (χ2v) is 6.03. The Morgan fingerprint density at radius 3 is 2.24 bits per heavy atom. The molecular formula is C18H22N4O3. The molecule has 3 rings (SSSR count). The molecule has 1 aliphatic heterocycles. The smallest absolute Gasteiger partial charge is 0.253 e. The van der Waals surface area contributed by atoms with Crippen LogP contribution in [0.2, 0.25) is 0 Å². The molecule has 0 aliphatic carbocycles. The molecule has 0 N–H and O–H groups in total. The van der Waals surface area contributed by atoms with Gasteiger partial charge in [-0.25, -0.2) is 0 Å². The lowest BCUT2D eigenvalue weighted by Crippen LogP contribution is -2.51. The standard InChI is InChI=1S/C18H22N4O3/c1-14-7-8-19-22(14)13-17(23)20-9-11-21(12-10-20)18(24)15-3-5-16(25-2)6-4-15/h3-8H,9-13H2,1-2H3. The zero-order valence-corrected chi connectivity index (χ0v) is 14.5. The largest absolute Gasteiger partial charge is 0.497 e. The number of benzene rings is 1. The van der Waals surface area contributed by atoms with Crippen LogP contribution in [0.5, 0.6) is 5.75 Å². The van der Waals surface area contributed by atoms with Crippen LogP contribution in [0.3, 0.4) is 0 Å². The predicted molar refractivity (Wildman–Crippen MR) is 92.4 cm³/mol. The van der Waals surface area contributed by atoms with Crippen molar-refractivity contribution in [1.82, 2.24) is 19.6 Å². The van der Waals surface area contributed by atoms with Gasteiger partial charge in [-0.3, -0.25) is 14.3 Å². The third-order valence-electron chi connectivity index (χ3n) is 4.47. The summed E-state index contributed by atoms with van der Waals surface area (Å²) in [5.41, 5.74) is 1.59. The van der Waals surface area contributed by atoms with Crippen molar-refractivity contribution in [2.24, 2.45) is 0 Å². The average molecular weight is 342 g/mol. The first-order chi connectivity index (χ1) is 12.1. The maximum absolute atomic E-state index is 12.5. The number of aromatic nitrogens is 2. The number of ether oxygens (including phenoxy) is 1. The number of rotatable bonds is 4. The highest BCUT2D eigenvalue weighted by Gasteiger charge is 2.25. The van der Waals surface area contributed by atoms with Gasteiger partial charge < -0.3 is 14.5 Å². The van der Waals surface area contributed by atoms with Gasteiger partial charge in [-0.1, -0.05) is 0 Å². The summed E-state index contributed by atoms with van der Waals surface area (Å²) in [5, 5.41) is 4.14.